The van der Waals surface area contributed by atoms with Crippen molar-refractivity contribution in [2.24, 2.45) is 0 Å². The molecule has 2 N–H and O–H groups in total. The highest BCUT2D eigenvalue weighted by molar-refractivity contribution is 5.60. The van der Waals surface area contributed by atoms with Crippen molar-refractivity contribution in [3.05, 3.63) is 24.0 Å². The maximum absolute atomic E-state index is 6.24. The Labute approximate surface area is 140 Å². The Morgan fingerprint density at radius 1 is 1.00 bits per heavy atom. The molecule has 0 spiro atoms. The van der Waals surface area contributed by atoms with Crippen molar-refractivity contribution in [1.29, 1.82) is 0 Å². The lowest BCUT2D eigenvalue weighted by molar-refractivity contribution is 0.499. The van der Waals surface area contributed by atoms with Gasteiger partial charge in [0.1, 0.15) is 0 Å². The van der Waals surface area contributed by atoms with Crippen molar-refractivity contribution in [2.75, 3.05) is 5.73 Å². The molecule has 0 aliphatic carbocycles. The van der Waals surface area contributed by atoms with Crippen LogP contribution in [-0.2, 0) is 0 Å². The fourth-order valence-corrected chi connectivity index (χ4v) is 3.38. The number of nitrogen functional groups attached to an aromatic ring is 1. The van der Waals surface area contributed by atoms with E-state index in [2.05, 4.69) is 23.9 Å². The zero-order valence-electron chi connectivity index (χ0n) is 14.8. The van der Waals surface area contributed by atoms with Crippen LogP contribution in [0.15, 0.2) is 18.5 Å². The van der Waals surface area contributed by atoms with Gasteiger partial charge in [-0.15, -0.1) is 5.10 Å². The molecular weight excluding hydrogens is 284 g/mol. The molecule has 2 aromatic rings. The third kappa shape index (κ3) is 4.95. The summed E-state index contributed by atoms with van der Waals surface area (Å²) in [5.74, 6) is 1.16. The van der Waals surface area contributed by atoms with E-state index in [4.69, 9.17) is 5.73 Å². The van der Waals surface area contributed by atoms with Crippen molar-refractivity contribution in [3.63, 3.8) is 0 Å². The molecule has 2 aromatic heterocycles. The van der Waals surface area contributed by atoms with Crippen LogP contribution in [-0.4, -0.2) is 14.6 Å². The predicted molar refractivity (Wildman–Crippen MR) is 97.7 cm³/mol. The van der Waals surface area contributed by atoms with E-state index in [1.54, 1.807) is 0 Å². The second-order valence-corrected chi connectivity index (χ2v) is 6.58. The monoisotopic (exact) mass is 316 g/mol. The maximum atomic E-state index is 6.24. The van der Waals surface area contributed by atoms with Crippen LogP contribution in [0.3, 0.4) is 0 Å². The number of unbranched alkanes of at least 4 members (excludes halogenated alkanes) is 6. The van der Waals surface area contributed by atoms with Crippen molar-refractivity contribution in [2.45, 2.75) is 84.0 Å². The summed E-state index contributed by atoms with van der Waals surface area (Å²) in [7, 11) is 0. The van der Waals surface area contributed by atoms with Gasteiger partial charge in [0.15, 0.2) is 11.5 Å². The average molecular weight is 316 g/mol. The highest BCUT2D eigenvalue weighted by Gasteiger charge is 2.21. The van der Waals surface area contributed by atoms with Gasteiger partial charge in [-0.1, -0.05) is 65.2 Å². The fraction of sp³-hybridized carbons (Fsp3) is 0.684. The van der Waals surface area contributed by atoms with E-state index in [1.165, 1.54) is 69.8 Å². The van der Waals surface area contributed by atoms with Crippen LogP contribution < -0.4 is 5.73 Å². The molecule has 0 radical (unpaired) electrons. The number of nitrogens with two attached hydrogens (primary N) is 1. The lowest BCUT2D eigenvalue weighted by Gasteiger charge is -2.16. The predicted octanol–water partition coefficient (Wildman–Crippen LogP) is 5.34. The molecule has 0 amide bonds. The first kappa shape index (κ1) is 17.8. The topological polar surface area (TPSA) is 56.2 Å². The molecule has 4 heteroatoms. The number of hydrogen-bond donors (Lipinski definition) is 1. The van der Waals surface area contributed by atoms with Gasteiger partial charge >= 0.3 is 0 Å². The molecular formula is C19H32N4. The van der Waals surface area contributed by atoms with Crippen LogP contribution in [0.5, 0.6) is 0 Å². The van der Waals surface area contributed by atoms with E-state index in [-0.39, 0.29) is 0 Å². The molecule has 0 atom stereocenters. The quantitative estimate of drug-likeness (QED) is 0.570. The van der Waals surface area contributed by atoms with E-state index in [9.17, 15) is 0 Å². The van der Waals surface area contributed by atoms with Crippen LogP contribution in [0, 0.1) is 0 Å². The summed E-state index contributed by atoms with van der Waals surface area (Å²) >= 11 is 0. The normalized spacial score (nSPS) is 11.6. The van der Waals surface area contributed by atoms with Gasteiger partial charge in [-0.3, -0.25) is 0 Å². The van der Waals surface area contributed by atoms with E-state index in [1.807, 2.05) is 23.0 Å². The molecule has 0 saturated carbocycles. The summed E-state index contributed by atoms with van der Waals surface area (Å²) in [6, 6.07) is 1.90. The Hall–Kier alpha value is -1.58. The lowest BCUT2D eigenvalue weighted by Crippen LogP contribution is -2.03. The zero-order chi connectivity index (χ0) is 16.5. The van der Waals surface area contributed by atoms with Gasteiger partial charge in [-0.05, 0) is 24.8 Å². The minimum atomic E-state index is 0.496. The fourth-order valence-electron chi connectivity index (χ4n) is 3.38. The number of anilines is 1. The molecule has 4 nitrogen and oxygen atoms in total. The van der Waals surface area contributed by atoms with Gasteiger partial charge in [0.25, 0.3) is 0 Å². The molecule has 0 aromatic carbocycles. The van der Waals surface area contributed by atoms with Crippen molar-refractivity contribution < 1.29 is 0 Å². The van der Waals surface area contributed by atoms with Crippen LogP contribution in [0.4, 0.5) is 5.82 Å². The molecule has 2 heterocycles. The third-order valence-corrected chi connectivity index (χ3v) is 4.68. The Bertz CT molecular complexity index is 564. The third-order valence-electron chi connectivity index (χ3n) is 4.68. The summed E-state index contributed by atoms with van der Waals surface area (Å²) in [4.78, 5) is 4.53. The number of hydrogen-bond acceptors (Lipinski definition) is 3. The standard InChI is InChI=1S/C19H32N4/c1-3-5-7-9-12-16(13-10-8-6-4-2)17-18(20)22-23-15-11-14-21-19(17)23/h11,14-16H,3-10,12-13H2,1-2H3,(H2,20,22). The molecule has 0 fully saturated rings. The van der Waals surface area contributed by atoms with Gasteiger partial charge < -0.3 is 5.73 Å². The molecule has 128 valence electrons. The first-order valence-corrected chi connectivity index (χ1v) is 9.36. The van der Waals surface area contributed by atoms with E-state index in [0.717, 1.165) is 5.65 Å². The number of nitrogens with zero attached hydrogens (tertiary/aromatic N) is 3. The Balaban J connectivity index is 2.11. The Kier molecular flexibility index (Phi) is 7.37. The average Bonchev–Trinajstić information content (AvgIpc) is 2.89. The maximum Gasteiger partial charge on any atom is 0.160 e. The second kappa shape index (κ2) is 9.53. The minimum absolute atomic E-state index is 0.496. The summed E-state index contributed by atoms with van der Waals surface area (Å²) < 4.78 is 1.83. The molecule has 0 bridgehead atoms. The number of fused-ring (bicyclic) bond motifs is 1. The second-order valence-electron chi connectivity index (χ2n) is 6.58. The zero-order valence-corrected chi connectivity index (χ0v) is 14.8. The van der Waals surface area contributed by atoms with Crippen LogP contribution in [0.25, 0.3) is 5.65 Å². The van der Waals surface area contributed by atoms with Crippen LogP contribution >= 0.6 is 0 Å². The highest BCUT2D eigenvalue weighted by atomic mass is 15.3. The first-order chi connectivity index (χ1) is 11.3. The number of rotatable bonds is 11. The highest BCUT2D eigenvalue weighted by Crippen LogP contribution is 2.34. The minimum Gasteiger partial charge on any atom is -0.382 e. The van der Waals surface area contributed by atoms with Crippen molar-refractivity contribution in [3.8, 4) is 0 Å². The number of aromatic nitrogens is 3. The van der Waals surface area contributed by atoms with E-state index < -0.39 is 0 Å². The molecule has 0 unspecified atom stereocenters. The smallest absolute Gasteiger partial charge is 0.160 e. The summed E-state index contributed by atoms with van der Waals surface area (Å²) in [5.41, 5.74) is 8.37. The Morgan fingerprint density at radius 2 is 1.65 bits per heavy atom. The Morgan fingerprint density at radius 3 is 2.26 bits per heavy atom. The summed E-state index contributed by atoms with van der Waals surface area (Å²) in [5, 5.41) is 4.45. The molecule has 0 saturated heterocycles. The molecule has 0 aliphatic heterocycles. The first-order valence-electron chi connectivity index (χ1n) is 9.36. The SMILES string of the molecule is CCCCCCC(CCCCCC)c1c(N)nn2cccnc12. The summed E-state index contributed by atoms with van der Waals surface area (Å²) in [6.45, 7) is 4.52. The largest absolute Gasteiger partial charge is 0.382 e. The molecule has 23 heavy (non-hydrogen) atoms. The van der Waals surface area contributed by atoms with Crippen molar-refractivity contribution >= 4 is 11.5 Å². The summed E-state index contributed by atoms with van der Waals surface area (Å²) in [6.07, 6.45) is 16.6. The molecule has 0 aliphatic rings. The van der Waals surface area contributed by atoms with E-state index in [0.29, 0.717) is 11.7 Å². The van der Waals surface area contributed by atoms with Gasteiger partial charge in [-0.25, -0.2) is 9.50 Å². The van der Waals surface area contributed by atoms with Gasteiger partial charge in [0, 0.05) is 18.0 Å². The molecule has 2 rings (SSSR count). The van der Waals surface area contributed by atoms with Gasteiger partial charge in [-0.2, -0.15) is 0 Å². The van der Waals surface area contributed by atoms with E-state index >= 15 is 0 Å². The van der Waals surface area contributed by atoms with Gasteiger partial charge in [0.2, 0.25) is 0 Å². The van der Waals surface area contributed by atoms with Crippen LogP contribution in [0.2, 0.25) is 0 Å². The van der Waals surface area contributed by atoms with Crippen LogP contribution in [0.1, 0.15) is 89.5 Å². The van der Waals surface area contributed by atoms with Gasteiger partial charge in [0.05, 0.1) is 0 Å². The lowest BCUT2D eigenvalue weighted by atomic mass is 9.89. The van der Waals surface area contributed by atoms with Crippen molar-refractivity contribution in [1.82, 2.24) is 14.6 Å².